The summed E-state index contributed by atoms with van der Waals surface area (Å²) in [6.07, 6.45) is 1.89. The largest absolute Gasteiger partial charge is 0.383 e. The predicted molar refractivity (Wildman–Crippen MR) is 68.3 cm³/mol. The van der Waals surface area contributed by atoms with Crippen LogP contribution in [0.4, 0.5) is 5.82 Å². The SMILES string of the molecule is CCC(COC)NS(=O)(=O)c1ccc(NN)nc1. The molecular formula is C10H18N4O3S. The van der Waals surface area contributed by atoms with Gasteiger partial charge in [-0.2, -0.15) is 0 Å². The molecule has 0 bridgehead atoms. The molecule has 1 atom stereocenters. The molecule has 0 fully saturated rings. The van der Waals surface area contributed by atoms with E-state index in [0.717, 1.165) is 0 Å². The molecule has 102 valence electrons. The maximum atomic E-state index is 12.0. The average Bonchev–Trinajstić information content (AvgIpc) is 2.38. The van der Waals surface area contributed by atoms with E-state index in [1.165, 1.54) is 25.4 Å². The summed E-state index contributed by atoms with van der Waals surface area (Å²) in [5, 5.41) is 0. The highest BCUT2D eigenvalue weighted by atomic mass is 32.2. The van der Waals surface area contributed by atoms with E-state index in [1.54, 1.807) is 0 Å². The van der Waals surface area contributed by atoms with Gasteiger partial charge in [0.2, 0.25) is 10.0 Å². The van der Waals surface area contributed by atoms with Gasteiger partial charge in [0.05, 0.1) is 6.61 Å². The molecule has 0 radical (unpaired) electrons. The highest BCUT2D eigenvalue weighted by molar-refractivity contribution is 7.89. The van der Waals surface area contributed by atoms with E-state index in [2.05, 4.69) is 15.1 Å². The van der Waals surface area contributed by atoms with Gasteiger partial charge < -0.3 is 10.2 Å². The third kappa shape index (κ3) is 3.91. The molecule has 7 nitrogen and oxygen atoms in total. The van der Waals surface area contributed by atoms with Crippen molar-refractivity contribution in [3.63, 3.8) is 0 Å². The fourth-order valence-corrected chi connectivity index (χ4v) is 2.60. The number of hydrogen-bond acceptors (Lipinski definition) is 6. The summed E-state index contributed by atoms with van der Waals surface area (Å²) < 4.78 is 31.5. The van der Waals surface area contributed by atoms with Crippen LogP contribution in [0.2, 0.25) is 0 Å². The zero-order chi connectivity index (χ0) is 13.6. The van der Waals surface area contributed by atoms with Crippen molar-refractivity contribution in [2.24, 2.45) is 5.84 Å². The molecular weight excluding hydrogens is 256 g/mol. The van der Waals surface area contributed by atoms with Gasteiger partial charge in [0, 0.05) is 19.3 Å². The van der Waals surface area contributed by atoms with Crippen molar-refractivity contribution in [1.82, 2.24) is 9.71 Å². The molecule has 0 saturated heterocycles. The van der Waals surface area contributed by atoms with Crippen molar-refractivity contribution >= 4 is 15.8 Å². The third-order valence-corrected chi connectivity index (χ3v) is 3.88. The lowest BCUT2D eigenvalue weighted by atomic mass is 10.3. The second-order valence-corrected chi connectivity index (χ2v) is 5.42. The summed E-state index contributed by atoms with van der Waals surface area (Å²) in [6, 6.07) is 2.67. The van der Waals surface area contributed by atoms with Gasteiger partial charge in [-0.25, -0.2) is 24.0 Å². The molecule has 1 heterocycles. The molecule has 0 aliphatic carbocycles. The normalized spacial score (nSPS) is 13.3. The van der Waals surface area contributed by atoms with Crippen LogP contribution < -0.4 is 16.0 Å². The van der Waals surface area contributed by atoms with Gasteiger partial charge in [-0.1, -0.05) is 6.92 Å². The number of nitrogens with two attached hydrogens (primary N) is 1. The van der Waals surface area contributed by atoms with Gasteiger partial charge >= 0.3 is 0 Å². The number of nitrogen functional groups attached to an aromatic ring is 1. The van der Waals surface area contributed by atoms with E-state index in [1.807, 2.05) is 6.92 Å². The zero-order valence-electron chi connectivity index (χ0n) is 10.4. The Balaban J connectivity index is 2.84. The Morgan fingerprint density at radius 2 is 2.22 bits per heavy atom. The maximum Gasteiger partial charge on any atom is 0.242 e. The van der Waals surface area contributed by atoms with Gasteiger partial charge in [-0.05, 0) is 18.6 Å². The van der Waals surface area contributed by atoms with E-state index in [9.17, 15) is 8.42 Å². The zero-order valence-corrected chi connectivity index (χ0v) is 11.2. The Kier molecular flexibility index (Phi) is 5.48. The summed E-state index contributed by atoms with van der Waals surface area (Å²) >= 11 is 0. The van der Waals surface area contributed by atoms with E-state index in [4.69, 9.17) is 10.6 Å². The highest BCUT2D eigenvalue weighted by Crippen LogP contribution is 2.11. The molecule has 4 N–H and O–H groups in total. The Morgan fingerprint density at radius 3 is 2.67 bits per heavy atom. The number of ether oxygens (including phenoxy) is 1. The number of nitrogens with zero attached hydrogens (tertiary/aromatic N) is 1. The first-order chi connectivity index (χ1) is 8.53. The molecule has 0 aliphatic rings. The molecule has 1 aromatic rings. The van der Waals surface area contributed by atoms with Crippen molar-refractivity contribution in [1.29, 1.82) is 0 Å². The minimum absolute atomic E-state index is 0.0936. The van der Waals surface area contributed by atoms with E-state index >= 15 is 0 Å². The second-order valence-electron chi connectivity index (χ2n) is 3.71. The quantitative estimate of drug-likeness (QED) is 0.480. The van der Waals surface area contributed by atoms with Crippen LogP contribution in [0.5, 0.6) is 0 Å². The Morgan fingerprint density at radius 1 is 1.50 bits per heavy atom. The van der Waals surface area contributed by atoms with Gasteiger partial charge in [-0.15, -0.1) is 0 Å². The number of rotatable bonds is 7. The minimum Gasteiger partial charge on any atom is -0.383 e. The molecule has 1 aromatic heterocycles. The summed E-state index contributed by atoms with van der Waals surface area (Å²) in [4.78, 5) is 3.95. The second kappa shape index (κ2) is 6.64. The number of methoxy groups -OCH3 is 1. The van der Waals surface area contributed by atoms with Crippen LogP contribution >= 0.6 is 0 Å². The highest BCUT2D eigenvalue weighted by Gasteiger charge is 2.19. The Hall–Kier alpha value is -1.22. The van der Waals surface area contributed by atoms with Crippen molar-refractivity contribution in [2.45, 2.75) is 24.3 Å². The molecule has 8 heteroatoms. The van der Waals surface area contributed by atoms with Crippen LogP contribution in [0.3, 0.4) is 0 Å². The molecule has 0 saturated carbocycles. The number of hydrazine groups is 1. The predicted octanol–water partition coefficient (Wildman–Crippen LogP) is 0.0705. The molecule has 18 heavy (non-hydrogen) atoms. The number of pyridine rings is 1. The molecule has 1 rings (SSSR count). The number of anilines is 1. The smallest absolute Gasteiger partial charge is 0.242 e. The van der Waals surface area contributed by atoms with E-state index < -0.39 is 10.0 Å². The van der Waals surface area contributed by atoms with Crippen molar-refractivity contribution in [2.75, 3.05) is 19.1 Å². The number of hydrogen-bond donors (Lipinski definition) is 3. The van der Waals surface area contributed by atoms with Gasteiger partial charge in [-0.3, -0.25) is 0 Å². The monoisotopic (exact) mass is 274 g/mol. The molecule has 1 unspecified atom stereocenters. The van der Waals surface area contributed by atoms with Gasteiger partial charge in [0.15, 0.2) is 0 Å². The summed E-state index contributed by atoms with van der Waals surface area (Å²) in [5.41, 5.74) is 2.33. The summed E-state index contributed by atoms with van der Waals surface area (Å²) in [7, 11) is -2.05. The lowest BCUT2D eigenvalue weighted by Crippen LogP contribution is -2.37. The van der Waals surface area contributed by atoms with Crippen molar-refractivity contribution in [3.8, 4) is 0 Å². The average molecular weight is 274 g/mol. The van der Waals surface area contributed by atoms with Gasteiger partial charge in [0.1, 0.15) is 10.7 Å². The Bertz CT molecular complexity index is 461. The van der Waals surface area contributed by atoms with Crippen LogP contribution in [-0.2, 0) is 14.8 Å². The summed E-state index contributed by atoms with van der Waals surface area (Å²) in [6.45, 7) is 2.21. The van der Waals surface area contributed by atoms with Crippen molar-refractivity contribution < 1.29 is 13.2 Å². The first-order valence-corrected chi connectivity index (χ1v) is 6.95. The maximum absolute atomic E-state index is 12.0. The fraction of sp³-hybridized carbons (Fsp3) is 0.500. The number of sulfonamides is 1. The summed E-state index contributed by atoms with van der Waals surface area (Å²) in [5.74, 6) is 5.56. The first-order valence-electron chi connectivity index (χ1n) is 5.47. The topological polar surface area (TPSA) is 106 Å². The lowest BCUT2D eigenvalue weighted by Gasteiger charge is -2.15. The molecule has 0 spiro atoms. The van der Waals surface area contributed by atoms with E-state index in [-0.39, 0.29) is 10.9 Å². The van der Waals surface area contributed by atoms with E-state index in [0.29, 0.717) is 18.8 Å². The van der Waals surface area contributed by atoms with Crippen LogP contribution in [0, 0.1) is 0 Å². The molecule has 0 amide bonds. The number of aromatic nitrogens is 1. The third-order valence-electron chi connectivity index (χ3n) is 2.38. The first kappa shape index (κ1) is 14.8. The van der Waals surface area contributed by atoms with Crippen molar-refractivity contribution in [3.05, 3.63) is 18.3 Å². The molecule has 0 aliphatic heterocycles. The van der Waals surface area contributed by atoms with Gasteiger partial charge in [0.25, 0.3) is 0 Å². The minimum atomic E-state index is -3.58. The number of nitrogens with one attached hydrogen (secondary N) is 2. The van der Waals surface area contributed by atoms with Crippen LogP contribution in [0.25, 0.3) is 0 Å². The van der Waals surface area contributed by atoms with Crippen LogP contribution in [0.15, 0.2) is 23.2 Å². The fourth-order valence-electron chi connectivity index (χ4n) is 1.35. The molecule has 0 aromatic carbocycles. The standard InChI is InChI=1S/C10H18N4O3S/c1-3-8(7-17-2)14-18(15,16)9-4-5-10(13-11)12-6-9/h4-6,8,14H,3,7,11H2,1-2H3,(H,12,13). The lowest BCUT2D eigenvalue weighted by molar-refractivity contribution is 0.173. The van der Waals surface area contributed by atoms with Crippen LogP contribution in [-0.4, -0.2) is 33.2 Å². The Labute approximate surface area is 107 Å². The van der Waals surface area contributed by atoms with Crippen LogP contribution in [0.1, 0.15) is 13.3 Å².